The fourth-order valence-corrected chi connectivity index (χ4v) is 2.60. The van der Waals surface area contributed by atoms with Gasteiger partial charge in [0.15, 0.2) is 0 Å². The van der Waals surface area contributed by atoms with Crippen molar-refractivity contribution in [3.8, 4) is 0 Å². The lowest BCUT2D eigenvalue weighted by Crippen LogP contribution is -2.27. The van der Waals surface area contributed by atoms with E-state index in [0.717, 1.165) is 9.13 Å². The maximum absolute atomic E-state index is 12.3. The highest BCUT2D eigenvalue weighted by molar-refractivity contribution is 14.1. The second kappa shape index (κ2) is 9.02. The van der Waals surface area contributed by atoms with Gasteiger partial charge in [-0.05, 0) is 79.6 Å². The van der Waals surface area contributed by atoms with Crippen LogP contribution >= 0.6 is 22.6 Å². The molecule has 2 N–H and O–H groups in total. The van der Waals surface area contributed by atoms with Crippen LogP contribution in [0, 0.1) is 3.57 Å². The van der Waals surface area contributed by atoms with Crippen LogP contribution in [0.25, 0.3) is 0 Å². The Kier molecular flexibility index (Phi) is 7.02. The van der Waals surface area contributed by atoms with Crippen LogP contribution in [0.1, 0.15) is 32.8 Å². The van der Waals surface area contributed by atoms with Gasteiger partial charge in [0.1, 0.15) is 5.60 Å². The molecule has 0 aliphatic rings. The van der Waals surface area contributed by atoms with Crippen LogP contribution in [-0.2, 0) is 16.0 Å². The molecule has 6 heteroatoms. The van der Waals surface area contributed by atoms with Crippen molar-refractivity contribution in [2.24, 2.45) is 0 Å². The molecule has 0 fully saturated rings. The number of hydrogen-bond donors (Lipinski definition) is 2. The molecule has 26 heavy (non-hydrogen) atoms. The molecular weight excluding hydrogens is 443 g/mol. The van der Waals surface area contributed by atoms with Crippen molar-refractivity contribution in [2.45, 2.75) is 39.2 Å². The Hall–Kier alpha value is -2.09. The Morgan fingerprint density at radius 2 is 1.54 bits per heavy atom. The molecule has 138 valence electrons. The topological polar surface area (TPSA) is 67.4 Å². The summed E-state index contributed by atoms with van der Waals surface area (Å²) in [5.74, 6) is -0.109. The molecule has 0 bridgehead atoms. The third-order valence-electron chi connectivity index (χ3n) is 3.39. The van der Waals surface area contributed by atoms with Crippen LogP contribution < -0.4 is 10.6 Å². The van der Waals surface area contributed by atoms with Crippen molar-refractivity contribution < 1.29 is 14.3 Å². The van der Waals surface area contributed by atoms with E-state index in [-0.39, 0.29) is 5.91 Å². The number of nitrogens with one attached hydrogen (secondary N) is 2. The van der Waals surface area contributed by atoms with E-state index in [1.54, 1.807) is 45.0 Å². The number of ether oxygens (including phenoxy) is 1. The number of rotatable bonds is 5. The maximum Gasteiger partial charge on any atom is 0.412 e. The van der Waals surface area contributed by atoms with Crippen LogP contribution in [0.2, 0.25) is 0 Å². The highest BCUT2D eigenvalue weighted by Gasteiger charge is 2.17. The summed E-state index contributed by atoms with van der Waals surface area (Å²) >= 11 is 2.25. The minimum absolute atomic E-state index is 0.109. The second-order valence-corrected chi connectivity index (χ2v) is 8.09. The van der Waals surface area contributed by atoms with Gasteiger partial charge in [0.2, 0.25) is 5.91 Å². The Balaban J connectivity index is 1.95. The monoisotopic (exact) mass is 466 g/mol. The number of amides is 2. The van der Waals surface area contributed by atoms with Crippen LogP contribution in [-0.4, -0.2) is 17.6 Å². The SMILES string of the molecule is CC(C)(C)OC(=O)Nc1ccccc1NC(=O)CCc1ccc(I)cc1. The predicted molar refractivity (Wildman–Crippen MR) is 112 cm³/mol. The molecule has 5 nitrogen and oxygen atoms in total. The Bertz CT molecular complexity index is 767. The van der Waals surface area contributed by atoms with Crippen LogP contribution in [0.5, 0.6) is 0 Å². The molecule has 0 aliphatic heterocycles. The highest BCUT2D eigenvalue weighted by Crippen LogP contribution is 2.22. The standard InChI is InChI=1S/C20H23IN2O3/c1-20(2,3)26-19(25)23-17-7-5-4-6-16(17)22-18(24)13-10-14-8-11-15(21)12-9-14/h4-9,11-12H,10,13H2,1-3H3,(H,22,24)(H,23,25). The Morgan fingerprint density at radius 3 is 2.12 bits per heavy atom. The van der Waals surface area contributed by atoms with E-state index in [4.69, 9.17) is 4.74 Å². The highest BCUT2D eigenvalue weighted by atomic mass is 127. The Labute approximate surface area is 167 Å². The fraction of sp³-hybridized carbons (Fsp3) is 0.300. The van der Waals surface area contributed by atoms with Crippen LogP contribution in [0.4, 0.5) is 16.2 Å². The summed E-state index contributed by atoms with van der Waals surface area (Å²) in [5, 5.41) is 5.53. The minimum Gasteiger partial charge on any atom is -0.444 e. The zero-order chi connectivity index (χ0) is 19.2. The number of carbonyl (C=O) groups is 2. The van der Waals surface area contributed by atoms with Gasteiger partial charge in [-0.25, -0.2) is 4.79 Å². The van der Waals surface area contributed by atoms with Crippen molar-refractivity contribution in [2.75, 3.05) is 10.6 Å². The van der Waals surface area contributed by atoms with E-state index in [9.17, 15) is 9.59 Å². The molecule has 0 radical (unpaired) electrons. The van der Waals surface area contributed by atoms with Gasteiger partial charge in [-0.2, -0.15) is 0 Å². The average Bonchev–Trinajstić information content (AvgIpc) is 2.54. The summed E-state index contributed by atoms with van der Waals surface area (Å²) in [6, 6.07) is 15.1. The largest absolute Gasteiger partial charge is 0.444 e. The van der Waals surface area contributed by atoms with E-state index < -0.39 is 11.7 Å². The summed E-state index contributed by atoms with van der Waals surface area (Å²) in [6.45, 7) is 5.39. The summed E-state index contributed by atoms with van der Waals surface area (Å²) in [6.07, 6.45) is 0.462. The van der Waals surface area contributed by atoms with Crippen molar-refractivity contribution in [3.63, 3.8) is 0 Å². The van der Waals surface area contributed by atoms with Gasteiger partial charge in [0.05, 0.1) is 11.4 Å². The molecule has 0 saturated carbocycles. The third-order valence-corrected chi connectivity index (χ3v) is 4.11. The summed E-state index contributed by atoms with van der Waals surface area (Å²) in [5.41, 5.74) is 1.58. The van der Waals surface area contributed by atoms with Crippen molar-refractivity contribution in [1.29, 1.82) is 0 Å². The van der Waals surface area contributed by atoms with Crippen molar-refractivity contribution >= 4 is 46.0 Å². The molecule has 0 saturated heterocycles. The molecule has 2 rings (SSSR count). The average molecular weight is 466 g/mol. The predicted octanol–water partition coefficient (Wildman–Crippen LogP) is 5.21. The van der Waals surface area contributed by atoms with Crippen LogP contribution in [0.3, 0.4) is 0 Å². The molecule has 0 spiro atoms. The summed E-state index contributed by atoms with van der Waals surface area (Å²) in [4.78, 5) is 24.2. The van der Waals surface area contributed by atoms with E-state index in [2.05, 4.69) is 33.2 Å². The van der Waals surface area contributed by atoms with Crippen molar-refractivity contribution in [1.82, 2.24) is 0 Å². The summed E-state index contributed by atoms with van der Waals surface area (Å²) in [7, 11) is 0. The molecule has 0 heterocycles. The zero-order valence-electron chi connectivity index (χ0n) is 15.1. The fourth-order valence-electron chi connectivity index (χ4n) is 2.24. The minimum atomic E-state index is -0.588. The van der Waals surface area contributed by atoms with Gasteiger partial charge in [0, 0.05) is 9.99 Å². The van der Waals surface area contributed by atoms with Gasteiger partial charge in [-0.15, -0.1) is 0 Å². The zero-order valence-corrected chi connectivity index (χ0v) is 17.3. The number of halogens is 1. The molecule has 0 aliphatic carbocycles. The first kappa shape index (κ1) is 20.2. The first-order chi connectivity index (χ1) is 12.2. The second-order valence-electron chi connectivity index (χ2n) is 6.85. The van der Waals surface area contributed by atoms with E-state index >= 15 is 0 Å². The number of aryl methyl sites for hydroxylation is 1. The molecule has 0 unspecified atom stereocenters. The first-order valence-electron chi connectivity index (χ1n) is 8.36. The van der Waals surface area contributed by atoms with Crippen LogP contribution in [0.15, 0.2) is 48.5 Å². The van der Waals surface area contributed by atoms with E-state index in [0.29, 0.717) is 24.2 Å². The molecule has 0 aromatic heterocycles. The quantitative estimate of drug-likeness (QED) is 0.595. The van der Waals surface area contributed by atoms with Gasteiger partial charge in [-0.1, -0.05) is 24.3 Å². The smallest absolute Gasteiger partial charge is 0.412 e. The number of benzene rings is 2. The lowest BCUT2D eigenvalue weighted by atomic mass is 10.1. The number of hydrogen-bond acceptors (Lipinski definition) is 3. The van der Waals surface area contributed by atoms with Gasteiger partial charge < -0.3 is 10.1 Å². The summed E-state index contributed by atoms with van der Waals surface area (Å²) < 4.78 is 6.42. The Morgan fingerprint density at radius 1 is 0.962 bits per heavy atom. The normalized spacial score (nSPS) is 10.9. The van der Waals surface area contributed by atoms with Crippen molar-refractivity contribution in [3.05, 3.63) is 57.7 Å². The number of carbonyl (C=O) groups excluding carboxylic acids is 2. The lowest BCUT2D eigenvalue weighted by Gasteiger charge is -2.20. The molecule has 2 aromatic rings. The lowest BCUT2D eigenvalue weighted by molar-refractivity contribution is -0.116. The van der Waals surface area contributed by atoms with Gasteiger partial charge in [0.25, 0.3) is 0 Å². The molecule has 2 amide bonds. The number of anilines is 2. The molecule has 0 atom stereocenters. The molecule has 2 aromatic carbocycles. The first-order valence-corrected chi connectivity index (χ1v) is 9.44. The van der Waals surface area contributed by atoms with Gasteiger partial charge >= 0.3 is 6.09 Å². The van der Waals surface area contributed by atoms with E-state index in [1.807, 2.05) is 24.3 Å². The van der Waals surface area contributed by atoms with E-state index in [1.165, 1.54) is 0 Å². The molecular formula is C20H23IN2O3. The third kappa shape index (κ3) is 7.03. The maximum atomic E-state index is 12.3. The van der Waals surface area contributed by atoms with Gasteiger partial charge in [-0.3, -0.25) is 10.1 Å². The number of para-hydroxylation sites is 2.